The molecule has 1 N–H and O–H groups in total. The van der Waals surface area contributed by atoms with Crippen LogP contribution in [-0.2, 0) is 10.8 Å². The van der Waals surface area contributed by atoms with Crippen molar-refractivity contribution in [1.82, 2.24) is 4.72 Å². The molecule has 1 aromatic carbocycles. The van der Waals surface area contributed by atoms with E-state index in [9.17, 15) is 4.21 Å². The van der Waals surface area contributed by atoms with Crippen LogP contribution < -0.4 is 4.72 Å². The van der Waals surface area contributed by atoms with Crippen LogP contribution in [0.3, 0.4) is 0 Å². The average Bonchev–Trinajstić information content (AvgIpc) is 2.29. The minimum Gasteiger partial charge on any atom is -0.303 e. The summed E-state index contributed by atoms with van der Waals surface area (Å²) in [5, 5.41) is 0.513. The topological polar surface area (TPSA) is 41.5 Å². The molecule has 1 aliphatic heterocycles. The van der Waals surface area contributed by atoms with Gasteiger partial charge in [-0.2, -0.15) is 0 Å². The first-order valence-electron chi connectivity index (χ1n) is 4.41. The van der Waals surface area contributed by atoms with E-state index in [4.69, 9.17) is 0 Å². The number of benzene rings is 1. The molecule has 0 aliphatic carbocycles. The first-order valence-corrected chi connectivity index (χ1v) is 6.54. The van der Waals surface area contributed by atoms with E-state index in [-0.39, 0.29) is 0 Å². The fourth-order valence-corrected chi connectivity index (χ4v) is 2.83. The molecule has 5 heteroatoms. The summed E-state index contributed by atoms with van der Waals surface area (Å²) >= 11 is 1.44. The van der Waals surface area contributed by atoms with Crippen LogP contribution >= 0.6 is 11.9 Å². The van der Waals surface area contributed by atoms with Gasteiger partial charge in [-0.05, 0) is 24.1 Å². The summed E-state index contributed by atoms with van der Waals surface area (Å²) < 4.78 is 14.6. The number of aliphatic imine (C=N–C) groups is 1. The summed E-state index contributed by atoms with van der Waals surface area (Å²) in [6.45, 7) is 3.56. The summed E-state index contributed by atoms with van der Waals surface area (Å²) in [6.07, 6.45) is 1.63. The molecule has 0 saturated carbocycles. The molecule has 0 aromatic heterocycles. The molecular weight excluding hydrogens is 228 g/mol. The molecule has 78 valence electrons. The highest BCUT2D eigenvalue weighted by atomic mass is 32.2. The number of para-hydroxylation sites is 1. The third kappa shape index (κ3) is 2.30. The van der Waals surface area contributed by atoms with E-state index in [1.54, 1.807) is 6.08 Å². The van der Waals surface area contributed by atoms with Crippen LogP contribution in [0.2, 0.25) is 0 Å². The van der Waals surface area contributed by atoms with Gasteiger partial charge < -0.3 is 4.72 Å². The number of hydrogen-bond donors (Lipinski definition) is 1. The molecule has 1 atom stereocenters. The maximum Gasteiger partial charge on any atom is 0.203 e. The van der Waals surface area contributed by atoms with Crippen molar-refractivity contribution in [2.75, 3.05) is 5.75 Å². The van der Waals surface area contributed by atoms with Crippen molar-refractivity contribution in [3.05, 3.63) is 36.9 Å². The second-order valence-electron chi connectivity index (χ2n) is 2.89. The van der Waals surface area contributed by atoms with Crippen LogP contribution in [0.4, 0.5) is 5.69 Å². The van der Waals surface area contributed by atoms with Gasteiger partial charge in [0, 0.05) is 5.75 Å². The van der Waals surface area contributed by atoms with Gasteiger partial charge in [0.2, 0.25) is 5.17 Å². The van der Waals surface area contributed by atoms with Crippen LogP contribution in [0.1, 0.15) is 0 Å². The van der Waals surface area contributed by atoms with Crippen LogP contribution in [-0.4, -0.2) is 15.1 Å². The SMILES string of the molecule is C=CCS(=O)C1=Nc2ccccc2SN1. The monoisotopic (exact) mass is 238 g/mol. The van der Waals surface area contributed by atoms with Crippen LogP contribution in [0.25, 0.3) is 0 Å². The number of rotatable bonds is 2. The van der Waals surface area contributed by atoms with E-state index < -0.39 is 10.8 Å². The highest BCUT2D eigenvalue weighted by Gasteiger charge is 2.15. The molecule has 0 radical (unpaired) electrons. The van der Waals surface area contributed by atoms with Crippen LogP contribution in [0, 0.1) is 0 Å². The highest BCUT2D eigenvalue weighted by molar-refractivity contribution is 8.05. The summed E-state index contributed by atoms with van der Waals surface area (Å²) in [5.41, 5.74) is 0.869. The van der Waals surface area contributed by atoms with Gasteiger partial charge in [-0.15, -0.1) is 6.58 Å². The summed E-state index contributed by atoms with van der Waals surface area (Å²) in [4.78, 5) is 5.35. The van der Waals surface area contributed by atoms with Crippen LogP contribution in [0.5, 0.6) is 0 Å². The highest BCUT2D eigenvalue weighted by Crippen LogP contribution is 2.30. The van der Waals surface area contributed by atoms with E-state index in [1.807, 2.05) is 24.3 Å². The van der Waals surface area contributed by atoms with Crippen molar-refractivity contribution in [2.45, 2.75) is 4.90 Å². The Bertz CT molecular complexity index is 443. The lowest BCUT2D eigenvalue weighted by Gasteiger charge is -2.14. The maximum atomic E-state index is 11.6. The van der Waals surface area contributed by atoms with Crippen molar-refractivity contribution < 1.29 is 4.21 Å². The molecule has 0 spiro atoms. The van der Waals surface area contributed by atoms with Gasteiger partial charge in [0.25, 0.3) is 0 Å². The van der Waals surface area contributed by atoms with Crippen molar-refractivity contribution in [3.8, 4) is 0 Å². The predicted molar refractivity (Wildman–Crippen MR) is 65.7 cm³/mol. The number of nitrogens with zero attached hydrogens (tertiary/aromatic N) is 1. The Kier molecular flexibility index (Phi) is 3.23. The lowest BCUT2D eigenvalue weighted by molar-refractivity contribution is 0.691. The molecule has 2 rings (SSSR count). The zero-order valence-corrected chi connectivity index (χ0v) is 9.61. The first-order chi connectivity index (χ1) is 7.31. The Labute approximate surface area is 95.3 Å². The van der Waals surface area contributed by atoms with Crippen LogP contribution in [0.15, 0.2) is 46.8 Å². The minimum absolute atomic E-state index is 0.425. The Hall–Kier alpha value is -1.07. The lowest BCUT2D eigenvalue weighted by Crippen LogP contribution is -2.24. The second-order valence-corrected chi connectivity index (χ2v) is 5.15. The van der Waals surface area contributed by atoms with E-state index in [0.717, 1.165) is 10.6 Å². The molecule has 1 aromatic rings. The fourth-order valence-electron chi connectivity index (χ4n) is 1.15. The van der Waals surface area contributed by atoms with Gasteiger partial charge in [-0.25, -0.2) is 4.99 Å². The number of nitrogens with one attached hydrogen (secondary N) is 1. The third-order valence-corrected chi connectivity index (χ3v) is 3.97. The zero-order chi connectivity index (χ0) is 10.7. The minimum atomic E-state index is -1.11. The first kappa shape index (κ1) is 10.4. The molecule has 0 amide bonds. The number of amidine groups is 1. The van der Waals surface area contributed by atoms with Crippen molar-refractivity contribution >= 4 is 33.6 Å². The Morgan fingerprint density at radius 2 is 2.33 bits per heavy atom. The molecule has 1 aliphatic rings. The summed E-state index contributed by atoms with van der Waals surface area (Å²) in [7, 11) is -1.11. The normalized spacial score (nSPS) is 15.9. The molecule has 1 heterocycles. The molecule has 1 unspecified atom stereocenters. The van der Waals surface area contributed by atoms with Gasteiger partial charge in [0.15, 0.2) is 0 Å². The van der Waals surface area contributed by atoms with E-state index in [0.29, 0.717) is 10.9 Å². The van der Waals surface area contributed by atoms with Gasteiger partial charge in [-0.1, -0.05) is 18.2 Å². The Balaban J connectivity index is 2.29. The largest absolute Gasteiger partial charge is 0.303 e. The summed E-state index contributed by atoms with van der Waals surface area (Å²) in [5.74, 6) is 0.425. The quantitative estimate of drug-likeness (QED) is 0.634. The molecule has 15 heavy (non-hydrogen) atoms. The zero-order valence-electron chi connectivity index (χ0n) is 7.97. The standard InChI is InChI=1S/C10H10N2OS2/c1-2-7-15(13)10-11-8-5-3-4-6-9(8)14-12-10/h2-6H,1,7H2,(H,11,12). The summed E-state index contributed by atoms with van der Waals surface area (Å²) in [6, 6.07) is 7.76. The van der Waals surface area contributed by atoms with Gasteiger partial charge in [0.1, 0.15) is 0 Å². The number of hydrogen-bond acceptors (Lipinski definition) is 4. The lowest BCUT2D eigenvalue weighted by atomic mass is 10.3. The molecule has 0 fully saturated rings. The predicted octanol–water partition coefficient (Wildman–Crippen LogP) is 2.22. The average molecular weight is 238 g/mol. The third-order valence-electron chi connectivity index (χ3n) is 1.82. The fraction of sp³-hybridized carbons (Fsp3) is 0.100. The smallest absolute Gasteiger partial charge is 0.203 e. The van der Waals surface area contributed by atoms with E-state index in [1.165, 1.54) is 11.9 Å². The number of fused-ring (bicyclic) bond motifs is 1. The van der Waals surface area contributed by atoms with Gasteiger partial charge in [0.05, 0.1) is 21.4 Å². The van der Waals surface area contributed by atoms with Crippen molar-refractivity contribution in [1.29, 1.82) is 0 Å². The van der Waals surface area contributed by atoms with Gasteiger partial charge >= 0.3 is 0 Å². The Morgan fingerprint density at radius 1 is 1.53 bits per heavy atom. The molecule has 0 bridgehead atoms. The van der Waals surface area contributed by atoms with E-state index in [2.05, 4.69) is 16.3 Å². The van der Waals surface area contributed by atoms with Crippen molar-refractivity contribution in [2.24, 2.45) is 4.99 Å². The van der Waals surface area contributed by atoms with E-state index >= 15 is 0 Å². The maximum absolute atomic E-state index is 11.6. The van der Waals surface area contributed by atoms with Crippen molar-refractivity contribution in [3.63, 3.8) is 0 Å². The molecular formula is C10H10N2OS2. The second kappa shape index (κ2) is 4.63. The Morgan fingerprint density at radius 3 is 3.13 bits per heavy atom. The molecule has 3 nitrogen and oxygen atoms in total. The molecule has 0 saturated heterocycles. The van der Waals surface area contributed by atoms with Gasteiger partial charge in [-0.3, -0.25) is 4.21 Å².